The van der Waals surface area contributed by atoms with E-state index in [2.05, 4.69) is 22.3 Å². The van der Waals surface area contributed by atoms with Crippen LogP contribution in [0.5, 0.6) is 5.75 Å². The summed E-state index contributed by atoms with van der Waals surface area (Å²) in [6, 6.07) is 13.4. The molecule has 3 nitrogen and oxygen atoms in total. The van der Waals surface area contributed by atoms with Crippen molar-refractivity contribution in [3.05, 3.63) is 53.8 Å². The van der Waals surface area contributed by atoms with Crippen molar-refractivity contribution >= 4 is 11.4 Å². The van der Waals surface area contributed by atoms with Gasteiger partial charge in [-0.2, -0.15) is 0 Å². The zero-order valence-electron chi connectivity index (χ0n) is 12.1. The van der Waals surface area contributed by atoms with Crippen LogP contribution in [0.15, 0.2) is 42.5 Å². The van der Waals surface area contributed by atoms with Gasteiger partial charge in [0.05, 0.1) is 18.5 Å². The fourth-order valence-electron chi connectivity index (χ4n) is 2.71. The van der Waals surface area contributed by atoms with Crippen LogP contribution in [0.4, 0.5) is 15.8 Å². The monoisotopic (exact) mass is 286 g/mol. The van der Waals surface area contributed by atoms with Gasteiger partial charge in [-0.3, -0.25) is 0 Å². The fourth-order valence-corrected chi connectivity index (χ4v) is 2.71. The molecule has 0 spiro atoms. The lowest BCUT2D eigenvalue weighted by atomic mass is 10.1. The first-order chi connectivity index (χ1) is 10.3. The molecule has 0 radical (unpaired) electrons. The van der Waals surface area contributed by atoms with Gasteiger partial charge >= 0.3 is 0 Å². The van der Waals surface area contributed by atoms with Crippen molar-refractivity contribution in [3.8, 4) is 5.75 Å². The summed E-state index contributed by atoms with van der Waals surface area (Å²) in [5.41, 5.74) is 3.26. The number of hydrogen-bond donors (Lipinski definition) is 1. The molecular formula is C17H19FN2O. The van der Waals surface area contributed by atoms with E-state index in [1.54, 1.807) is 12.1 Å². The average molecular weight is 286 g/mol. The van der Waals surface area contributed by atoms with Crippen LogP contribution in [0.2, 0.25) is 0 Å². The van der Waals surface area contributed by atoms with E-state index in [4.69, 9.17) is 4.74 Å². The minimum absolute atomic E-state index is 0.289. The highest BCUT2D eigenvalue weighted by Gasteiger charge is 2.15. The normalized spacial score (nSPS) is 14.1. The molecule has 1 heterocycles. The van der Waals surface area contributed by atoms with Gasteiger partial charge in [0.2, 0.25) is 0 Å². The van der Waals surface area contributed by atoms with Crippen LogP contribution in [-0.4, -0.2) is 20.2 Å². The van der Waals surface area contributed by atoms with Gasteiger partial charge in [0.1, 0.15) is 0 Å². The highest BCUT2D eigenvalue weighted by atomic mass is 19.1. The Bertz CT molecular complexity index is 630. The van der Waals surface area contributed by atoms with Gasteiger partial charge in [-0.15, -0.1) is 0 Å². The summed E-state index contributed by atoms with van der Waals surface area (Å²) >= 11 is 0. The molecule has 0 atom stereocenters. The molecule has 0 unspecified atom stereocenters. The molecule has 21 heavy (non-hydrogen) atoms. The standard InChI is InChI=1S/C17H19FN2O/c1-21-17-8-7-13(11-14(17)18)12-20-10-4-9-19-15-5-2-3-6-16(15)20/h2-3,5-8,11,19H,4,9-10,12H2,1H3. The van der Waals surface area contributed by atoms with E-state index in [0.29, 0.717) is 6.54 Å². The maximum Gasteiger partial charge on any atom is 0.165 e. The number of ether oxygens (including phenoxy) is 1. The summed E-state index contributed by atoms with van der Waals surface area (Å²) in [5, 5.41) is 3.43. The largest absolute Gasteiger partial charge is 0.494 e. The topological polar surface area (TPSA) is 24.5 Å². The first-order valence-electron chi connectivity index (χ1n) is 7.18. The molecule has 0 aliphatic carbocycles. The second-order valence-corrected chi connectivity index (χ2v) is 5.19. The molecule has 4 heteroatoms. The van der Waals surface area contributed by atoms with Crippen LogP contribution < -0.4 is 15.0 Å². The molecule has 1 aliphatic heterocycles. The summed E-state index contributed by atoms with van der Waals surface area (Å²) in [7, 11) is 1.48. The lowest BCUT2D eigenvalue weighted by molar-refractivity contribution is 0.386. The van der Waals surface area contributed by atoms with Gasteiger partial charge in [-0.1, -0.05) is 18.2 Å². The summed E-state index contributed by atoms with van der Waals surface area (Å²) in [6.07, 6.45) is 1.06. The molecule has 0 saturated carbocycles. The number of nitrogens with one attached hydrogen (secondary N) is 1. The predicted octanol–water partition coefficient (Wildman–Crippen LogP) is 3.66. The maximum absolute atomic E-state index is 13.8. The van der Waals surface area contributed by atoms with Crippen LogP contribution >= 0.6 is 0 Å². The van der Waals surface area contributed by atoms with E-state index in [-0.39, 0.29) is 11.6 Å². The van der Waals surface area contributed by atoms with Crippen molar-refractivity contribution in [2.75, 3.05) is 30.4 Å². The smallest absolute Gasteiger partial charge is 0.165 e. The summed E-state index contributed by atoms with van der Waals surface area (Å²) in [4.78, 5) is 2.29. The minimum Gasteiger partial charge on any atom is -0.494 e. The summed E-state index contributed by atoms with van der Waals surface area (Å²) in [5.74, 6) is -0.0204. The third-order valence-corrected chi connectivity index (χ3v) is 3.75. The summed E-state index contributed by atoms with van der Waals surface area (Å²) < 4.78 is 18.8. The third kappa shape index (κ3) is 2.94. The number of nitrogens with zero attached hydrogens (tertiary/aromatic N) is 1. The SMILES string of the molecule is COc1ccc(CN2CCCNc3ccccc32)cc1F. The maximum atomic E-state index is 13.8. The molecule has 1 N–H and O–H groups in total. The van der Waals surface area contributed by atoms with Crippen LogP contribution in [-0.2, 0) is 6.54 Å². The Morgan fingerprint density at radius 1 is 1.24 bits per heavy atom. The summed E-state index contributed by atoms with van der Waals surface area (Å²) in [6.45, 7) is 2.61. The van der Waals surface area contributed by atoms with E-state index in [1.807, 2.05) is 18.2 Å². The number of methoxy groups -OCH3 is 1. The van der Waals surface area contributed by atoms with Crippen LogP contribution in [0.3, 0.4) is 0 Å². The van der Waals surface area contributed by atoms with E-state index in [0.717, 1.165) is 30.8 Å². The van der Waals surface area contributed by atoms with Crippen molar-refractivity contribution in [3.63, 3.8) is 0 Å². The van der Waals surface area contributed by atoms with Crippen molar-refractivity contribution in [2.45, 2.75) is 13.0 Å². The first-order valence-corrected chi connectivity index (χ1v) is 7.18. The van der Waals surface area contributed by atoms with Crippen molar-refractivity contribution in [1.82, 2.24) is 0 Å². The van der Waals surface area contributed by atoms with Gasteiger partial charge in [-0.05, 0) is 36.2 Å². The lowest BCUT2D eigenvalue weighted by Gasteiger charge is -2.24. The molecule has 0 saturated heterocycles. The lowest BCUT2D eigenvalue weighted by Crippen LogP contribution is -2.23. The first kappa shape index (κ1) is 13.7. The quantitative estimate of drug-likeness (QED) is 0.932. The zero-order chi connectivity index (χ0) is 14.7. The number of rotatable bonds is 3. The average Bonchev–Trinajstić information content (AvgIpc) is 2.70. The van der Waals surface area contributed by atoms with Crippen LogP contribution in [0.25, 0.3) is 0 Å². The highest BCUT2D eigenvalue weighted by Crippen LogP contribution is 2.29. The highest BCUT2D eigenvalue weighted by molar-refractivity contribution is 5.70. The van der Waals surface area contributed by atoms with Crippen molar-refractivity contribution in [1.29, 1.82) is 0 Å². The molecule has 2 aromatic carbocycles. The van der Waals surface area contributed by atoms with Gasteiger partial charge < -0.3 is 15.0 Å². The second kappa shape index (κ2) is 6.04. The van der Waals surface area contributed by atoms with Gasteiger partial charge in [-0.25, -0.2) is 4.39 Å². The Morgan fingerprint density at radius 2 is 2.10 bits per heavy atom. The Labute approximate surface area is 124 Å². The molecular weight excluding hydrogens is 267 g/mol. The van der Waals surface area contributed by atoms with E-state index in [9.17, 15) is 4.39 Å². The van der Waals surface area contributed by atoms with E-state index >= 15 is 0 Å². The molecule has 0 fully saturated rings. The van der Waals surface area contributed by atoms with Crippen molar-refractivity contribution < 1.29 is 9.13 Å². The van der Waals surface area contributed by atoms with Crippen molar-refractivity contribution in [2.24, 2.45) is 0 Å². The molecule has 110 valence electrons. The number of anilines is 2. The minimum atomic E-state index is -0.309. The second-order valence-electron chi connectivity index (χ2n) is 5.19. The van der Waals surface area contributed by atoms with Gasteiger partial charge in [0, 0.05) is 19.6 Å². The molecule has 1 aliphatic rings. The molecule has 2 aromatic rings. The zero-order valence-corrected chi connectivity index (χ0v) is 12.1. The Morgan fingerprint density at radius 3 is 2.90 bits per heavy atom. The Hall–Kier alpha value is -2.23. The number of fused-ring (bicyclic) bond motifs is 1. The predicted molar refractivity (Wildman–Crippen MR) is 83.6 cm³/mol. The number of halogens is 1. The molecule has 0 bridgehead atoms. The molecule has 0 amide bonds. The molecule has 3 rings (SSSR count). The number of para-hydroxylation sites is 2. The Kier molecular flexibility index (Phi) is 3.95. The van der Waals surface area contributed by atoms with E-state index < -0.39 is 0 Å². The van der Waals surface area contributed by atoms with Crippen LogP contribution in [0, 0.1) is 5.82 Å². The third-order valence-electron chi connectivity index (χ3n) is 3.75. The van der Waals surface area contributed by atoms with Crippen LogP contribution in [0.1, 0.15) is 12.0 Å². The number of hydrogen-bond acceptors (Lipinski definition) is 3. The molecule has 0 aromatic heterocycles. The fraction of sp³-hybridized carbons (Fsp3) is 0.294. The van der Waals surface area contributed by atoms with Gasteiger partial charge in [0.15, 0.2) is 11.6 Å². The van der Waals surface area contributed by atoms with Gasteiger partial charge in [0.25, 0.3) is 0 Å². The van der Waals surface area contributed by atoms with E-state index in [1.165, 1.54) is 12.8 Å². The Balaban J connectivity index is 1.86. The number of benzene rings is 2.